The summed E-state index contributed by atoms with van der Waals surface area (Å²) < 4.78 is 10.4. The molecule has 6 nitrogen and oxygen atoms in total. The van der Waals surface area contributed by atoms with Gasteiger partial charge in [-0.1, -0.05) is 53.5 Å². The van der Waals surface area contributed by atoms with Crippen LogP contribution >= 0.6 is 23.2 Å². The standard InChI is InChI=1S/C22H22Cl2N2O4/c1-29-12-10-25(11-13-30-2)20-19(15-6-4-3-5-7-15)21(27)26(22(20)28)16-8-9-17(23)18(24)14-16/h3-9,14H,10-13H2,1-2H3. The Labute approximate surface area is 185 Å². The van der Waals surface area contributed by atoms with Crippen LogP contribution in [0.4, 0.5) is 5.69 Å². The number of hydrogen-bond acceptors (Lipinski definition) is 5. The van der Waals surface area contributed by atoms with Gasteiger partial charge in [0.05, 0.1) is 34.5 Å². The lowest BCUT2D eigenvalue weighted by Crippen LogP contribution is -2.37. The summed E-state index contributed by atoms with van der Waals surface area (Å²) in [5, 5.41) is 0.609. The van der Waals surface area contributed by atoms with Crippen molar-refractivity contribution < 1.29 is 19.1 Å². The van der Waals surface area contributed by atoms with Crippen LogP contribution in [0.2, 0.25) is 10.0 Å². The molecule has 2 aromatic rings. The fraction of sp³-hybridized carbons (Fsp3) is 0.273. The zero-order valence-electron chi connectivity index (χ0n) is 16.7. The Morgan fingerprint density at radius 2 is 1.50 bits per heavy atom. The molecule has 2 amide bonds. The van der Waals surface area contributed by atoms with Gasteiger partial charge in [-0.2, -0.15) is 0 Å². The normalized spacial score (nSPS) is 14.1. The highest BCUT2D eigenvalue weighted by molar-refractivity contribution is 6.46. The lowest BCUT2D eigenvalue weighted by molar-refractivity contribution is -0.120. The maximum absolute atomic E-state index is 13.5. The fourth-order valence-corrected chi connectivity index (χ4v) is 3.57. The molecule has 2 aromatic carbocycles. The van der Waals surface area contributed by atoms with Crippen LogP contribution in [0.15, 0.2) is 54.2 Å². The minimum Gasteiger partial charge on any atom is -0.383 e. The summed E-state index contributed by atoms with van der Waals surface area (Å²) in [7, 11) is 3.18. The summed E-state index contributed by atoms with van der Waals surface area (Å²) in [6.45, 7) is 1.65. The Morgan fingerprint density at radius 1 is 0.867 bits per heavy atom. The van der Waals surface area contributed by atoms with Gasteiger partial charge in [-0.3, -0.25) is 9.59 Å². The SMILES string of the molecule is COCCN(CCOC)C1=C(c2ccccc2)C(=O)N(c2ccc(Cl)c(Cl)c2)C1=O. The lowest BCUT2D eigenvalue weighted by atomic mass is 10.0. The van der Waals surface area contributed by atoms with E-state index in [1.165, 1.54) is 6.07 Å². The zero-order chi connectivity index (χ0) is 21.7. The molecule has 0 aliphatic carbocycles. The summed E-state index contributed by atoms with van der Waals surface area (Å²) >= 11 is 12.2. The number of hydrogen-bond donors (Lipinski definition) is 0. The van der Waals surface area contributed by atoms with Crippen molar-refractivity contribution in [1.29, 1.82) is 0 Å². The Bertz CT molecular complexity index is 955. The highest BCUT2D eigenvalue weighted by Crippen LogP contribution is 2.36. The molecule has 0 bridgehead atoms. The first-order chi connectivity index (χ1) is 14.5. The van der Waals surface area contributed by atoms with E-state index in [2.05, 4.69) is 0 Å². The Kier molecular flexibility index (Phi) is 7.50. The number of rotatable bonds is 9. The third-order valence-electron chi connectivity index (χ3n) is 4.73. The van der Waals surface area contributed by atoms with Crippen LogP contribution in [0.25, 0.3) is 5.57 Å². The number of imide groups is 1. The molecular weight excluding hydrogens is 427 g/mol. The van der Waals surface area contributed by atoms with Gasteiger partial charge in [-0.25, -0.2) is 4.90 Å². The number of methoxy groups -OCH3 is 2. The number of carbonyl (C=O) groups is 2. The number of halogens is 2. The van der Waals surface area contributed by atoms with Crippen molar-refractivity contribution in [3.05, 3.63) is 69.8 Å². The zero-order valence-corrected chi connectivity index (χ0v) is 18.2. The number of anilines is 1. The molecule has 0 atom stereocenters. The summed E-state index contributed by atoms with van der Waals surface area (Å²) in [5.74, 6) is -0.844. The highest BCUT2D eigenvalue weighted by atomic mass is 35.5. The Balaban J connectivity index is 2.11. The van der Waals surface area contributed by atoms with Crippen LogP contribution in [0.5, 0.6) is 0 Å². The molecule has 0 spiro atoms. The second kappa shape index (κ2) is 10.1. The van der Waals surface area contributed by atoms with Crippen LogP contribution in [0.3, 0.4) is 0 Å². The van der Waals surface area contributed by atoms with Crippen molar-refractivity contribution in [3.8, 4) is 0 Å². The second-order valence-electron chi connectivity index (χ2n) is 6.61. The largest absolute Gasteiger partial charge is 0.383 e. The number of benzene rings is 2. The van der Waals surface area contributed by atoms with Crippen molar-refractivity contribution >= 4 is 46.3 Å². The molecule has 1 heterocycles. The summed E-state index contributed by atoms with van der Waals surface area (Å²) in [6.07, 6.45) is 0. The van der Waals surface area contributed by atoms with Gasteiger partial charge in [0.15, 0.2) is 0 Å². The number of nitrogens with zero attached hydrogens (tertiary/aromatic N) is 2. The topological polar surface area (TPSA) is 59.1 Å². The van der Waals surface area contributed by atoms with Gasteiger partial charge in [0.25, 0.3) is 11.8 Å². The van der Waals surface area contributed by atoms with Gasteiger partial charge in [0.1, 0.15) is 5.70 Å². The number of amides is 2. The molecule has 0 fully saturated rings. The molecule has 1 aliphatic rings. The van der Waals surface area contributed by atoms with Gasteiger partial charge >= 0.3 is 0 Å². The van der Waals surface area contributed by atoms with Gasteiger partial charge in [0.2, 0.25) is 0 Å². The first kappa shape index (κ1) is 22.3. The van der Waals surface area contributed by atoms with E-state index < -0.39 is 11.8 Å². The fourth-order valence-electron chi connectivity index (χ4n) is 3.27. The second-order valence-corrected chi connectivity index (χ2v) is 7.42. The summed E-state index contributed by atoms with van der Waals surface area (Å²) in [4.78, 5) is 29.9. The van der Waals surface area contributed by atoms with Gasteiger partial charge < -0.3 is 14.4 Å². The number of ether oxygens (including phenoxy) is 2. The molecule has 3 rings (SSSR count). The van der Waals surface area contributed by atoms with Crippen molar-refractivity contribution in [2.24, 2.45) is 0 Å². The molecule has 30 heavy (non-hydrogen) atoms. The average molecular weight is 449 g/mol. The first-order valence-corrected chi connectivity index (χ1v) is 10.1. The van der Waals surface area contributed by atoms with E-state index in [0.29, 0.717) is 53.8 Å². The van der Waals surface area contributed by atoms with E-state index in [0.717, 1.165) is 4.90 Å². The molecule has 0 radical (unpaired) electrons. The van der Waals surface area contributed by atoms with Gasteiger partial charge in [-0.05, 0) is 23.8 Å². The van der Waals surface area contributed by atoms with Crippen molar-refractivity contribution in [3.63, 3.8) is 0 Å². The predicted octanol–water partition coefficient (Wildman–Crippen LogP) is 3.87. The molecule has 8 heteroatoms. The smallest absolute Gasteiger partial charge is 0.282 e. The van der Waals surface area contributed by atoms with Gasteiger partial charge in [0, 0.05) is 27.3 Å². The molecule has 0 saturated carbocycles. The molecular formula is C22H22Cl2N2O4. The molecule has 0 saturated heterocycles. The predicted molar refractivity (Wildman–Crippen MR) is 118 cm³/mol. The molecule has 158 valence electrons. The van der Waals surface area contributed by atoms with Crippen LogP contribution in [-0.4, -0.2) is 57.2 Å². The summed E-state index contributed by atoms with van der Waals surface area (Å²) in [6, 6.07) is 13.8. The third kappa shape index (κ3) is 4.52. The van der Waals surface area contributed by atoms with Crippen LogP contribution in [-0.2, 0) is 19.1 Å². The van der Waals surface area contributed by atoms with Gasteiger partial charge in [-0.15, -0.1) is 0 Å². The van der Waals surface area contributed by atoms with Crippen molar-refractivity contribution in [1.82, 2.24) is 4.90 Å². The van der Waals surface area contributed by atoms with Crippen LogP contribution in [0, 0.1) is 0 Å². The number of carbonyl (C=O) groups excluding carboxylic acids is 2. The van der Waals surface area contributed by atoms with E-state index in [1.807, 2.05) is 35.2 Å². The Hall–Kier alpha value is -2.38. The van der Waals surface area contributed by atoms with E-state index in [-0.39, 0.29) is 5.02 Å². The third-order valence-corrected chi connectivity index (χ3v) is 5.47. The molecule has 1 aliphatic heterocycles. The molecule has 0 unspecified atom stereocenters. The van der Waals surface area contributed by atoms with E-state index >= 15 is 0 Å². The first-order valence-electron chi connectivity index (χ1n) is 9.36. The maximum Gasteiger partial charge on any atom is 0.282 e. The van der Waals surface area contributed by atoms with Crippen molar-refractivity contribution in [2.45, 2.75) is 0 Å². The molecule has 0 aromatic heterocycles. The summed E-state index contributed by atoms with van der Waals surface area (Å²) in [5.41, 5.74) is 1.67. The van der Waals surface area contributed by atoms with E-state index in [1.54, 1.807) is 26.4 Å². The van der Waals surface area contributed by atoms with E-state index in [4.69, 9.17) is 32.7 Å². The van der Waals surface area contributed by atoms with Crippen LogP contribution in [0.1, 0.15) is 5.56 Å². The maximum atomic E-state index is 13.5. The van der Waals surface area contributed by atoms with E-state index in [9.17, 15) is 9.59 Å². The minimum atomic E-state index is -0.426. The Morgan fingerprint density at radius 3 is 2.07 bits per heavy atom. The van der Waals surface area contributed by atoms with Crippen LogP contribution < -0.4 is 4.90 Å². The average Bonchev–Trinajstić information content (AvgIpc) is 3.01. The monoisotopic (exact) mass is 448 g/mol. The molecule has 0 N–H and O–H groups in total. The highest BCUT2D eigenvalue weighted by Gasteiger charge is 2.42. The minimum absolute atomic E-state index is 0.264. The lowest BCUT2D eigenvalue weighted by Gasteiger charge is -2.25. The quantitative estimate of drug-likeness (QED) is 0.544. The van der Waals surface area contributed by atoms with Crippen molar-refractivity contribution in [2.75, 3.05) is 45.4 Å².